The van der Waals surface area contributed by atoms with E-state index in [1.165, 1.54) is 12.0 Å². The number of benzene rings is 1. The molecule has 128 valence electrons. The maximum absolute atomic E-state index is 5.40. The van der Waals surface area contributed by atoms with Crippen LogP contribution < -0.4 is 19.7 Å². The second-order valence-corrected chi connectivity index (χ2v) is 5.86. The molecule has 0 aliphatic carbocycles. The van der Waals surface area contributed by atoms with Crippen molar-refractivity contribution < 1.29 is 9.47 Å². The van der Waals surface area contributed by atoms with Crippen molar-refractivity contribution in [2.75, 3.05) is 43.6 Å². The number of aromatic nitrogens is 2. The predicted molar refractivity (Wildman–Crippen MR) is 95.0 cm³/mol. The Balaban J connectivity index is 1.53. The summed E-state index contributed by atoms with van der Waals surface area (Å²) in [6.45, 7) is 5.54. The lowest BCUT2D eigenvalue weighted by atomic mass is 10.1. The molecule has 1 aliphatic heterocycles. The van der Waals surface area contributed by atoms with E-state index in [2.05, 4.69) is 32.3 Å². The highest BCUT2D eigenvalue weighted by atomic mass is 16.5. The van der Waals surface area contributed by atoms with E-state index in [1.807, 2.05) is 25.1 Å². The monoisotopic (exact) mass is 328 g/mol. The fraction of sp³-hybridized carbons (Fsp3) is 0.444. The van der Waals surface area contributed by atoms with Crippen LogP contribution in [0.25, 0.3) is 0 Å². The summed E-state index contributed by atoms with van der Waals surface area (Å²) in [7, 11) is 1.70. The van der Waals surface area contributed by atoms with Gasteiger partial charge >= 0.3 is 0 Å². The van der Waals surface area contributed by atoms with Crippen LogP contribution in [0, 0.1) is 5.92 Å². The first kappa shape index (κ1) is 16.4. The molecule has 1 unspecified atom stereocenters. The van der Waals surface area contributed by atoms with Gasteiger partial charge < -0.3 is 19.7 Å². The van der Waals surface area contributed by atoms with E-state index >= 15 is 0 Å². The number of nitrogens with one attached hydrogen (secondary N) is 1. The Morgan fingerprint density at radius 1 is 1.29 bits per heavy atom. The average molecular weight is 328 g/mol. The molecule has 0 saturated carbocycles. The number of anilines is 2. The third-order valence-corrected chi connectivity index (χ3v) is 4.21. The lowest BCUT2D eigenvalue weighted by molar-refractivity contribution is 0.326. The van der Waals surface area contributed by atoms with Gasteiger partial charge in [-0.3, -0.25) is 0 Å². The van der Waals surface area contributed by atoms with E-state index in [1.54, 1.807) is 7.11 Å². The minimum Gasteiger partial charge on any atom is -0.497 e. The second kappa shape index (κ2) is 7.86. The van der Waals surface area contributed by atoms with Gasteiger partial charge in [0.25, 0.3) is 0 Å². The molecule has 1 atom stereocenters. The Labute approximate surface area is 142 Å². The highest BCUT2D eigenvalue weighted by Crippen LogP contribution is 2.27. The third-order valence-electron chi connectivity index (χ3n) is 4.21. The molecule has 6 heteroatoms. The molecule has 1 fully saturated rings. The Morgan fingerprint density at radius 2 is 2.21 bits per heavy atom. The van der Waals surface area contributed by atoms with E-state index in [0.29, 0.717) is 18.4 Å². The minimum absolute atomic E-state index is 0.585. The van der Waals surface area contributed by atoms with Crippen LogP contribution in [0.3, 0.4) is 0 Å². The van der Waals surface area contributed by atoms with Crippen LogP contribution >= 0.6 is 0 Å². The zero-order valence-electron chi connectivity index (χ0n) is 14.2. The number of rotatable bonds is 7. The average Bonchev–Trinajstić information content (AvgIpc) is 3.10. The Hall–Kier alpha value is -2.50. The summed E-state index contributed by atoms with van der Waals surface area (Å²) in [6, 6.07) is 10.1. The van der Waals surface area contributed by atoms with Gasteiger partial charge in [0.05, 0.1) is 13.7 Å². The van der Waals surface area contributed by atoms with Crippen molar-refractivity contribution in [1.29, 1.82) is 0 Å². The molecule has 6 nitrogen and oxygen atoms in total. The molecule has 24 heavy (non-hydrogen) atoms. The van der Waals surface area contributed by atoms with Gasteiger partial charge in [0.15, 0.2) is 0 Å². The summed E-state index contributed by atoms with van der Waals surface area (Å²) < 4.78 is 10.7. The highest BCUT2D eigenvalue weighted by molar-refractivity contribution is 5.51. The molecule has 2 aromatic rings. The number of methoxy groups -OCH3 is 1. The summed E-state index contributed by atoms with van der Waals surface area (Å²) in [5.74, 6) is 2.91. The maximum Gasteiger partial charge on any atom is 0.218 e. The van der Waals surface area contributed by atoms with E-state index in [4.69, 9.17) is 9.47 Å². The van der Waals surface area contributed by atoms with Crippen molar-refractivity contribution in [3.63, 3.8) is 0 Å². The maximum atomic E-state index is 5.40. The zero-order valence-corrected chi connectivity index (χ0v) is 14.2. The molecule has 1 N–H and O–H groups in total. The van der Waals surface area contributed by atoms with Gasteiger partial charge in [0.1, 0.15) is 17.9 Å². The van der Waals surface area contributed by atoms with Crippen molar-refractivity contribution in [3.8, 4) is 11.6 Å². The number of ether oxygens (including phenoxy) is 2. The van der Waals surface area contributed by atoms with Gasteiger partial charge in [-0.25, -0.2) is 9.97 Å². The van der Waals surface area contributed by atoms with Gasteiger partial charge in [0.2, 0.25) is 5.88 Å². The lowest BCUT2D eigenvalue weighted by Gasteiger charge is -2.19. The molecular formula is C18H24N4O2. The fourth-order valence-corrected chi connectivity index (χ4v) is 2.95. The third kappa shape index (κ3) is 4.07. The molecule has 2 heterocycles. The first-order valence-corrected chi connectivity index (χ1v) is 8.36. The molecule has 3 rings (SSSR count). The quantitative estimate of drug-likeness (QED) is 0.843. The van der Waals surface area contributed by atoms with E-state index < -0.39 is 0 Å². The largest absolute Gasteiger partial charge is 0.497 e. The Kier molecular flexibility index (Phi) is 5.36. The molecule has 1 aliphatic rings. The van der Waals surface area contributed by atoms with Crippen LogP contribution in [0.1, 0.15) is 13.3 Å². The predicted octanol–water partition coefficient (Wildman–Crippen LogP) is 2.82. The van der Waals surface area contributed by atoms with Gasteiger partial charge in [-0.1, -0.05) is 6.07 Å². The Morgan fingerprint density at radius 3 is 3.04 bits per heavy atom. The minimum atomic E-state index is 0.585. The van der Waals surface area contributed by atoms with Crippen molar-refractivity contribution in [3.05, 3.63) is 36.7 Å². The molecule has 0 spiro atoms. The normalized spacial score (nSPS) is 16.9. The van der Waals surface area contributed by atoms with Crippen LogP contribution in [0.5, 0.6) is 11.6 Å². The molecule has 1 aromatic carbocycles. The Bertz CT molecular complexity index is 665. The van der Waals surface area contributed by atoms with E-state index in [0.717, 1.165) is 37.6 Å². The van der Waals surface area contributed by atoms with Crippen molar-refractivity contribution in [2.45, 2.75) is 13.3 Å². The van der Waals surface area contributed by atoms with Crippen LogP contribution in [0.15, 0.2) is 36.7 Å². The fourth-order valence-electron chi connectivity index (χ4n) is 2.95. The molecular weight excluding hydrogens is 304 g/mol. The van der Waals surface area contributed by atoms with Crippen molar-refractivity contribution in [2.24, 2.45) is 5.92 Å². The molecule has 0 radical (unpaired) electrons. The van der Waals surface area contributed by atoms with E-state index in [-0.39, 0.29) is 0 Å². The summed E-state index contributed by atoms with van der Waals surface area (Å²) in [4.78, 5) is 10.7. The summed E-state index contributed by atoms with van der Waals surface area (Å²) >= 11 is 0. The first-order valence-electron chi connectivity index (χ1n) is 8.36. The topological polar surface area (TPSA) is 59.5 Å². The molecule has 0 amide bonds. The van der Waals surface area contributed by atoms with Gasteiger partial charge in [-0.15, -0.1) is 0 Å². The second-order valence-electron chi connectivity index (χ2n) is 5.86. The SMILES string of the molecule is CCOc1cc(NCC2CCN(c3cccc(OC)c3)C2)ncn1. The number of nitrogens with zero attached hydrogens (tertiary/aromatic N) is 3. The van der Waals surface area contributed by atoms with E-state index in [9.17, 15) is 0 Å². The molecule has 1 aromatic heterocycles. The van der Waals surface area contributed by atoms with Gasteiger partial charge in [-0.2, -0.15) is 0 Å². The number of hydrogen-bond acceptors (Lipinski definition) is 6. The number of hydrogen-bond donors (Lipinski definition) is 1. The van der Waals surface area contributed by atoms with Gasteiger partial charge in [-0.05, 0) is 31.4 Å². The molecule has 1 saturated heterocycles. The van der Waals surface area contributed by atoms with Crippen LogP contribution in [0.4, 0.5) is 11.5 Å². The summed E-state index contributed by atoms with van der Waals surface area (Å²) in [5.41, 5.74) is 1.22. The highest BCUT2D eigenvalue weighted by Gasteiger charge is 2.22. The summed E-state index contributed by atoms with van der Waals surface area (Å²) in [5, 5.41) is 3.40. The van der Waals surface area contributed by atoms with Crippen LogP contribution in [-0.2, 0) is 0 Å². The van der Waals surface area contributed by atoms with Crippen LogP contribution in [-0.4, -0.2) is 43.3 Å². The molecule has 0 bridgehead atoms. The zero-order chi connectivity index (χ0) is 16.8. The van der Waals surface area contributed by atoms with Gasteiger partial charge in [0, 0.05) is 37.5 Å². The van der Waals surface area contributed by atoms with Crippen molar-refractivity contribution in [1.82, 2.24) is 9.97 Å². The van der Waals surface area contributed by atoms with Crippen LogP contribution in [0.2, 0.25) is 0 Å². The summed E-state index contributed by atoms with van der Waals surface area (Å²) in [6.07, 6.45) is 2.69. The lowest BCUT2D eigenvalue weighted by Crippen LogP contribution is -2.22. The smallest absolute Gasteiger partial charge is 0.218 e. The first-order chi connectivity index (χ1) is 11.8. The van der Waals surface area contributed by atoms with Crippen molar-refractivity contribution >= 4 is 11.5 Å². The standard InChI is InChI=1S/C18H24N4O2/c1-3-24-18-10-17(20-13-21-18)19-11-14-7-8-22(12-14)15-5-4-6-16(9-15)23-2/h4-6,9-10,13-14H,3,7-8,11-12H2,1-2H3,(H,19,20,21).